The molecule has 0 radical (unpaired) electrons. The van der Waals surface area contributed by atoms with Gasteiger partial charge in [0.25, 0.3) is 5.69 Å². The first-order valence-electron chi connectivity index (χ1n) is 5.62. The maximum absolute atomic E-state index is 13.6. The zero-order valence-electron chi connectivity index (χ0n) is 10.5. The maximum atomic E-state index is 13.6. The number of nitro groups is 1. The molecular formula is C13H12FN3O2. The van der Waals surface area contributed by atoms with Crippen LogP contribution in [-0.2, 0) is 0 Å². The van der Waals surface area contributed by atoms with E-state index >= 15 is 0 Å². The van der Waals surface area contributed by atoms with E-state index in [1.54, 1.807) is 26.1 Å². The second kappa shape index (κ2) is 5.01. The Morgan fingerprint density at radius 2 is 2.05 bits per heavy atom. The molecule has 1 heterocycles. The number of aryl methyl sites for hydroxylation is 1. The van der Waals surface area contributed by atoms with Gasteiger partial charge in [-0.2, -0.15) is 0 Å². The molecule has 2 rings (SSSR count). The van der Waals surface area contributed by atoms with Crippen LogP contribution in [-0.4, -0.2) is 17.0 Å². The molecule has 0 saturated carbocycles. The van der Waals surface area contributed by atoms with Gasteiger partial charge in [0.05, 0.1) is 4.92 Å². The Morgan fingerprint density at radius 1 is 1.32 bits per heavy atom. The van der Waals surface area contributed by atoms with E-state index in [4.69, 9.17) is 0 Å². The molecule has 0 aliphatic carbocycles. The molecule has 19 heavy (non-hydrogen) atoms. The molecule has 0 unspecified atom stereocenters. The van der Waals surface area contributed by atoms with E-state index in [9.17, 15) is 14.5 Å². The van der Waals surface area contributed by atoms with Crippen LogP contribution >= 0.6 is 0 Å². The van der Waals surface area contributed by atoms with E-state index in [0.717, 1.165) is 0 Å². The van der Waals surface area contributed by atoms with Gasteiger partial charge in [0.1, 0.15) is 11.6 Å². The van der Waals surface area contributed by atoms with Crippen molar-refractivity contribution >= 4 is 11.5 Å². The number of halogens is 1. The highest BCUT2D eigenvalue weighted by Gasteiger charge is 2.18. The van der Waals surface area contributed by atoms with Crippen LogP contribution in [0.2, 0.25) is 0 Å². The van der Waals surface area contributed by atoms with Crippen LogP contribution in [0, 0.1) is 22.9 Å². The number of pyridine rings is 1. The maximum Gasteiger partial charge on any atom is 0.295 e. The fourth-order valence-corrected chi connectivity index (χ4v) is 1.69. The number of aromatic nitrogens is 1. The van der Waals surface area contributed by atoms with Crippen LogP contribution < -0.4 is 5.32 Å². The molecule has 0 saturated heterocycles. The summed E-state index contributed by atoms with van der Waals surface area (Å²) in [5, 5.41) is 13.8. The average Bonchev–Trinajstić information content (AvgIpc) is 2.41. The van der Waals surface area contributed by atoms with E-state index in [0.29, 0.717) is 16.9 Å². The number of hydrogen-bond donors (Lipinski definition) is 1. The minimum absolute atomic E-state index is 0.149. The van der Waals surface area contributed by atoms with Crippen molar-refractivity contribution in [1.82, 2.24) is 4.98 Å². The van der Waals surface area contributed by atoms with Gasteiger partial charge in [-0.1, -0.05) is 12.1 Å². The summed E-state index contributed by atoms with van der Waals surface area (Å²) in [6, 6.07) is 7.30. The zero-order valence-corrected chi connectivity index (χ0v) is 10.5. The van der Waals surface area contributed by atoms with Crippen LogP contribution in [0.15, 0.2) is 30.3 Å². The predicted octanol–water partition coefficient (Wildman–Crippen LogP) is 3.15. The highest BCUT2D eigenvalue weighted by molar-refractivity contribution is 5.71. The summed E-state index contributed by atoms with van der Waals surface area (Å²) in [6.07, 6.45) is 0. The molecule has 1 N–H and O–H groups in total. The van der Waals surface area contributed by atoms with Crippen molar-refractivity contribution in [2.75, 3.05) is 12.4 Å². The van der Waals surface area contributed by atoms with Gasteiger partial charge in [-0.25, -0.2) is 9.37 Å². The quantitative estimate of drug-likeness (QED) is 0.680. The minimum atomic E-state index is -0.528. The number of rotatable bonds is 3. The van der Waals surface area contributed by atoms with Gasteiger partial charge < -0.3 is 5.32 Å². The van der Waals surface area contributed by atoms with E-state index in [1.807, 2.05) is 0 Å². The van der Waals surface area contributed by atoms with Crippen molar-refractivity contribution in [3.8, 4) is 11.3 Å². The highest BCUT2D eigenvalue weighted by atomic mass is 19.1. The van der Waals surface area contributed by atoms with Crippen molar-refractivity contribution in [3.05, 3.63) is 51.8 Å². The van der Waals surface area contributed by atoms with E-state index < -0.39 is 10.7 Å². The second-order valence-electron chi connectivity index (χ2n) is 4.04. The fraction of sp³-hybridized carbons (Fsp3) is 0.154. The second-order valence-corrected chi connectivity index (χ2v) is 4.04. The normalized spacial score (nSPS) is 10.3. The molecule has 5 nitrogen and oxygen atoms in total. The third-order valence-corrected chi connectivity index (χ3v) is 2.77. The summed E-state index contributed by atoms with van der Waals surface area (Å²) in [6.45, 7) is 1.63. The predicted molar refractivity (Wildman–Crippen MR) is 70.6 cm³/mol. The first kappa shape index (κ1) is 12.9. The van der Waals surface area contributed by atoms with Crippen LogP contribution in [0.1, 0.15) is 5.56 Å². The Labute approximate surface area is 109 Å². The van der Waals surface area contributed by atoms with Crippen molar-refractivity contribution in [1.29, 1.82) is 0 Å². The van der Waals surface area contributed by atoms with Crippen molar-refractivity contribution < 1.29 is 9.31 Å². The highest BCUT2D eigenvalue weighted by Crippen LogP contribution is 2.30. The summed E-state index contributed by atoms with van der Waals surface area (Å²) in [5.41, 5.74) is 0.862. The zero-order chi connectivity index (χ0) is 14.0. The molecule has 0 aliphatic heterocycles. The monoisotopic (exact) mass is 261 g/mol. The lowest BCUT2D eigenvalue weighted by molar-refractivity contribution is -0.384. The van der Waals surface area contributed by atoms with E-state index in [-0.39, 0.29) is 11.4 Å². The van der Waals surface area contributed by atoms with Gasteiger partial charge in [0.2, 0.25) is 0 Å². The van der Waals surface area contributed by atoms with Gasteiger partial charge in [-0.3, -0.25) is 10.1 Å². The van der Waals surface area contributed by atoms with Crippen LogP contribution in [0.5, 0.6) is 0 Å². The Hall–Kier alpha value is -2.50. The summed E-state index contributed by atoms with van der Waals surface area (Å²) in [5.74, 6) is 0.0741. The largest absolute Gasteiger partial charge is 0.373 e. The summed E-state index contributed by atoms with van der Waals surface area (Å²) in [4.78, 5) is 14.6. The number of benzene rings is 1. The Bertz CT molecular complexity index is 644. The molecular weight excluding hydrogens is 249 g/mol. The molecule has 6 heteroatoms. The third kappa shape index (κ3) is 2.52. The fourth-order valence-electron chi connectivity index (χ4n) is 1.69. The van der Waals surface area contributed by atoms with Gasteiger partial charge in [-0.15, -0.1) is 0 Å². The summed E-state index contributed by atoms with van der Waals surface area (Å²) >= 11 is 0. The van der Waals surface area contributed by atoms with Crippen molar-refractivity contribution in [2.24, 2.45) is 0 Å². The van der Waals surface area contributed by atoms with Gasteiger partial charge in [0.15, 0.2) is 5.69 Å². The molecule has 98 valence electrons. The molecule has 0 bridgehead atoms. The smallest absolute Gasteiger partial charge is 0.295 e. The van der Waals surface area contributed by atoms with Crippen LogP contribution in [0.25, 0.3) is 11.3 Å². The minimum Gasteiger partial charge on any atom is -0.373 e. The molecule has 0 atom stereocenters. The Balaban J connectivity index is 2.64. The molecule has 1 aromatic heterocycles. The van der Waals surface area contributed by atoms with Crippen molar-refractivity contribution in [2.45, 2.75) is 6.92 Å². The van der Waals surface area contributed by atoms with Crippen molar-refractivity contribution in [3.63, 3.8) is 0 Å². The lowest BCUT2D eigenvalue weighted by Gasteiger charge is -2.06. The summed E-state index contributed by atoms with van der Waals surface area (Å²) in [7, 11) is 1.66. The molecule has 0 aliphatic rings. The number of nitrogens with one attached hydrogen (secondary N) is 1. The van der Waals surface area contributed by atoms with Gasteiger partial charge in [-0.05, 0) is 24.6 Å². The first-order chi connectivity index (χ1) is 9.02. The molecule has 1 aromatic carbocycles. The van der Waals surface area contributed by atoms with E-state index in [1.165, 1.54) is 18.2 Å². The lowest BCUT2D eigenvalue weighted by atomic mass is 10.1. The lowest BCUT2D eigenvalue weighted by Crippen LogP contribution is -1.99. The topological polar surface area (TPSA) is 68.1 Å². The SMILES string of the molecule is CNc1ccc([N+](=O)[O-])c(-c2ccc(C)c(F)c2)n1. The first-order valence-corrected chi connectivity index (χ1v) is 5.62. The van der Waals surface area contributed by atoms with Gasteiger partial charge >= 0.3 is 0 Å². The van der Waals surface area contributed by atoms with Gasteiger partial charge in [0, 0.05) is 18.7 Å². The van der Waals surface area contributed by atoms with Crippen LogP contribution in [0.3, 0.4) is 0 Å². The molecule has 0 amide bonds. The number of nitrogens with zero attached hydrogens (tertiary/aromatic N) is 2. The molecule has 0 fully saturated rings. The number of hydrogen-bond acceptors (Lipinski definition) is 4. The summed E-state index contributed by atoms with van der Waals surface area (Å²) < 4.78 is 13.6. The molecule has 0 spiro atoms. The Morgan fingerprint density at radius 3 is 2.63 bits per heavy atom. The standard InChI is InChI=1S/C13H12FN3O2/c1-8-3-4-9(7-10(8)14)13-11(17(18)19)5-6-12(15-2)16-13/h3-7H,1-2H3,(H,15,16). The average molecular weight is 261 g/mol. The number of anilines is 1. The van der Waals surface area contributed by atoms with Crippen LogP contribution in [0.4, 0.5) is 15.9 Å². The molecule has 2 aromatic rings. The third-order valence-electron chi connectivity index (χ3n) is 2.77. The van der Waals surface area contributed by atoms with E-state index in [2.05, 4.69) is 10.3 Å². The Kier molecular flexibility index (Phi) is 3.41.